The molecule has 0 aliphatic carbocycles. The fraction of sp³-hybridized carbons (Fsp3) is 0.458. The number of anilines is 1. The third-order valence-corrected chi connectivity index (χ3v) is 6.21. The van der Waals surface area contributed by atoms with Crippen LogP contribution >= 0.6 is 0 Å². The number of fused-ring (bicyclic) bond motifs is 1. The predicted molar refractivity (Wildman–Crippen MR) is 120 cm³/mol. The SMILES string of the molecule is Cc1nc(N[C@H](C)c2cccc(C(F)F)c2F)c2cc([C@H]3CCCN(C)C3)c(C)nc2n1. The lowest BCUT2D eigenvalue weighted by Gasteiger charge is -2.30. The fourth-order valence-electron chi connectivity index (χ4n) is 4.57. The third kappa shape index (κ3) is 4.41. The van der Waals surface area contributed by atoms with Crippen molar-refractivity contribution in [3.05, 3.63) is 58.3 Å². The zero-order valence-electron chi connectivity index (χ0n) is 18.8. The number of piperidine rings is 1. The molecule has 3 heterocycles. The van der Waals surface area contributed by atoms with E-state index < -0.39 is 23.8 Å². The lowest BCUT2D eigenvalue weighted by Crippen LogP contribution is -2.31. The number of hydrogen-bond donors (Lipinski definition) is 1. The van der Waals surface area contributed by atoms with Crippen LogP contribution in [0, 0.1) is 19.7 Å². The Kier molecular flexibility index (Phi) is 6.33. The van der Waals surface area contributed by atoms with E-state index in [1.54, 1.807) is 13.8 Å². The van der Waals surface area contributed by atoms with Gasteiger partial charge in [-0.1, -0.05) is 18.2 Å². The minimum atomic E-state index is -2.87. The summed E-state index contributed by atoms with van der Waals surface area (Å²) in [7, 11) is 2.12. The highest BCUT2D eigenvalue weighted by molar-refractivity contribution is 5.87. The minimum Gasteiger partial charge on any atom is -0.363 e. The van der Waals surface area contributed by atoms with Gasteiger partial charge in [-0.15, -0.1) is 0 Å². The Hall–Kier alpha value is -2.74. The number of nitrogens with one attached hydrogen (secondary N) is 1. The smallest absolute Gasteiger partial charge is 0.266 e. The molecule has 0 unspecified atom stereocenters. The van der Waals surface area contributed by atoms with E-state index >= 15 is 0 Å². The number of pyridine rings is 1. The molecule has 4 rings (SSSR count). The highest BCUT2D eigenvalue weighted by Gasteiger charge is 2.24. The monoisotopic (exact) mass is 443 g/mol. The summed E-state index contributed by atoms with van der Waals surface area (Å²) in [6.07, 6.45) is -0.645. The molecule has 0 radical (unpaired) electrons. The van der Waals surface area contributed by atoms with E-state index in [1.807, 2.05) is 6.92 Å². The second kappa shape index (κ2) is 9.02. The van der Waals surface area contributed by atoms with Gasteiger partial charge in [0.2, 0.25) is 0 Å². The molecule has 2 atom stereocenters. The predicted octanol–water partition coefficient (Wildman–Crippen LogP) is 5.70. The van der Waals surface area contributed by atoms with Crippen molar-refractivity contribution in [2.45, 2.75) is 52.0 Å². The van der Waals surface area contributed by atoms with Crippen LogP contribution in [0.25, 0.3) is 11.0 Å². The Morgan fingerprint density at radius 1 is 1.12 bits per heavy atom. The van der Waals surface area contributed by atoms with Crippen molar-refractivity contribution in [3.8, 4) is 0 Å². The topological polar surface area (TPSA) is 53.9 Å². The average Bonchev–Trinajstić information content (AvgIpc) is 2.73. The maximum absolute atomic E-state index is 14.7. The number of aromatic nitrogens is 3. The molecule has 170 valence electrons. The van der Waals surface area contributed by atoms with Crippen molar-refractivity contribution in [2.75, 3.05) is 25.5 Å². The van der Waals surface area contributed by atoms with Crippen molar-refractivity contribution in [3.63, 3.8) is 0 Å². The van der Waals surface area contributed by atoms with Crippen LogP contribution in [0.5, 0.6) is 0 Å². The molecular weight excluding hydrogens is 415 g/mol. The third-order valence-electron chi connectivity index (χ3n) is 6.21. The van der Waals surface area contributed by atoms with Gasteiger partial charge in [-0.25, -0.2) is 28.1 Å². The molecule has 3 aromatic rings. The number of aryl methyl sites for hydroxylation is 2. The molecular formula is C24H28F3N5. The highest BCUT2D eigenvalue weighted by Crippen LogP contribution is 2.33. The van der Waals surface area contributed by atoms with E-state index in [4.69, 9.17) is 4.98 Å². The zero-order chi connectivity index (χ0) is 23.0. The zero-order valence-corrected chi connectivity index (χ0v) is 18.8. The van der Waals surface area contributed by atoms with Gasteiger partial charge in [0.1, 0.15) is 17.5 Å². The molecule has 5 nitrogen and oxygen atoms in total. The van der Waals surface area contributed by atoms with Gasteiger partial charge < -0.3 is 10.2 Å². The van der Waals surface area contributed by atoms with Crippen LogP contribution in [0.15, 0.2) is 24.3 Å². The number of rotatable bonds is 5. The molecule has 1 aromatic carbocycles. The molecule has 1 N–H and O–H groups in total. The van der Waals surface area contributed by atoms with Crippen molar-refractivity contribution >= 4 is 16.9 Å². The largest absolute Gasteiger partial charge is 0.363 e. The Morgan fingerprint density at radius 2 is 1.88 bits per heavy atom. The molecule has 32 heavy (non-hydrogen) atoms. The number of benzene rings is 1. The highest BCUT2D eigenvalue weighted by atomic mass is 19.3. The lowest BCUT2D eigenvalue weighted by molar-refractivity contribution is 0.146. The molecule has 0 amide bonds. The van der Waals surface area contributed by atoms with Crippen molar-refractivity contribution in [1.29, 1.82) is 0 Å². The summed E-state index contributed by atoms with van der Waals surface area (Å²) in [6, 6.07) is 5.59. The summed E-state index contributed by atoms with van der Waals surface area (Å²) in [6.45, 7) is 7.56. The van der Waals surface area contributed by atoms with Crippen molar-refractivity contribution in [2.24, 2.45) is 0 Å². The summed E-state index contributed by atoms with van der Waals surface area (Å²) in [5.74, 6) is 0.542. The second-order valence-corrected chi connectivity index (χ2v) is 8.67. The Labute approximate surface area is 186 Å². The van der Waals surface area contributed by atoms with E-state index in [-0.39, 0.29) is 5.56 Å². The van der Waals surface area contributed by atoms with Gasteiger partial charge in [0.15, 0.2) is 5.65 Å². The van der Waals surface area contributed by atoms with Gasteiger partial charge in [-0.2, -0.15) is 0 Å². The molecule has 1 aliphatic heterocycles. The first-order chi connectivity index (χ1) is 15.2. The summed E-state index contributed by atoms with van der Waals surface area (Å²) >= 11 is 0. The maximum atomic E-state index is 14.7. The molecule has 1 saturated heterocycles. The Morgan fingerprint density at radius 3 is 2.59 bits per heavy atom. The summed E-state index contributed by atoms with van der Waals surface area (Å²) < 4.78 is 41.0. The maximum Gasteiger partial charge on any atom is 0.266 e. The Bertz CT molecular complexity index is 1130. The molecule has 0 spiro atoms. The first kappa shape index (κ1) is 22.5. The van der Waals surface area contributed by atoms with Gasteiger partial charge in [0.25, 0.3) is 6.43 Å². The van der Waals surface area contributed by atoms with Gasteiger partial charge in [0.05, 0.1) is 17.0 Å². The number of alkyl halides is 2. The molecule has 1 aliphatic rings. The Balaban J connectivity index is 1.74. The molecule has 2 aromatic heterocycles. The number of halogens is 3. The quantitative estimate of drug-likeness (QED) is 0.548. The molecule has 8 heteroatoms. The second-order valence-electron chi connectivity index (χ2n) is 8.67. The van der Waals surface area contributed by atoms with E-state index in [0.29, 0.717) is 23.2 Å². The van der Waals surface area contributed by atoms with Gasteiger partial charge in [-0.3, -0.25) is 0 Å². The van der Waals surface area contributed by atoms with Gasteiger partial charge in [0, 0.05) is 17.8 Å². The molecule has 0 bridgehead atoms. The van der Waals surface area contributed by atoms with Gasteiger partial charge in [-0.05, 0) is 64.8 Å². The van der Waals surface area contributed by atoms with Crippen LogP contribution < -0.4 is 5.32 Å². The summed E-state index contributed by atoms with van der Waals surface area (Å²) in [5.41, 5.74) is 2.25. The number of nitrogens with zero attached hydrogens (tertiary/aromatic N) is 4. The first-order valence-electron chi connectivity index (χ1n) is 10.9. The van der Waals surface area contributed by atoms with Gasteiger partial charge >= 0.3 is 0 Å². The fourth-order valence-corrected chi connectivity index (χ4v) is 4.57. The number of likely N-dealkylation sites (tertiary alicyclic amines) is 1. The van der Waals surface area contributed by atoms with E-state index in [1.165, 1.54) is 12.1 Å². The van der Waals surface area contributed by atoms with Crippen molar-refractivity contribution in [1.82, 2.24) is 19.9 Å². The number of likely N-dealkylation sites (N-methyl/N-ethyl adjacent to an activating group) is 1. The average molecular weight is 444 g/mol. The van der Waals surface area contributed by atoms with Crippen LogP contribution in [0.1, 0.15) is 66.4 Å². The van der Waals surface area contributed by atoms with Crippen molar-refractivity contribution < 1.29 is 13.2 Å². The standard InChI is InChI=1S/C24H28F3N5/c1-13(17-8-5-9-18(21(17)25)22(26)27)28-23-20-11-19(16-7-6-10-32(4)12-16)14(2)29-24(20)31-15(3)30-23/h5,8-9,11,13,16,22H,6-7,10,12H2,1-4H3,(H,28,29,30,31)/t13-,16+/m1/s1. The van der Waals surface area contributed by atoms with Crippen LogP contribution in [-0.2, 0) is 0 Å². The molecule has 1 fully saturated rings. The van der Waals surface area contributed by atoms with Crippen LogP contribution in [-0.4, -0.2) is 40.0 Å². The minimum absolute atomic E-state index is 0.168. The van der Waals surface area contributed by atoms with E-state index in [0.717, 1.165) is 48.6 Å². The number of hydrogen-bond acceptors (Lipinski definition) is 5. The van der Waals surface area contributed by atoms with E-state index in [9.17, 15) is 13.2 Å². The van der Waals surface area contributed by atoms with E-state index in [2.05, 4.69) is 33.3 Å². The summed E-state index contributed by atoms with van der Waals surface area (Å²) in [4.78, 5) is 16.1. The van der Waals surface area contributed by atoms with Crippen LogP contribution in [0.2, 0.25) is 0 Å². The summed E-state index contributed by atoms with van der Waals surface area (Å²) in [5, 5.41) is 3.97. The lowest BCUT2D eigenvalue weighted by atomic mass is 9.89. The first-order valence-corrected chi connectivity index (χ1v) is 10.9. The normalized spacial score (nSPS) is 18.3. The molecule has 0 saturated carbocycles. The van der Waals surface area contributed by atoms with Crippen LogP contribution in [0.4, 0.5) is 19.0 Å². The van der Waals surface area contributed by atoms with Crippen LogP contribution in [0.3, 0.4) is 0 Å².